The highest BCUT2D eigenvalue weighted by Crippen LogP contribution is 2.25. The molecule has 2 amide bonds. The first-order chi connectivity index (χ1) is 16.2. The van der Waals surface area contributed by atoms with Gasteiger partial charge in [0.1, 0.15) is 0 Å². The van der Waals surface area contributed by atoms with E-state index in [1.54, 1.807) is 0 Å². The molecule has 3 heterocycles. The zero-order valence-electron chi connectivity index (χ0n) is 20.8. The zero-order chi connectivity index (χ0) is 24.4. The molecule has 2 atom stereocenters. The SMILES string of the molecule is Cc1cc(Cc2nnc(C3CNC(=O)C3)o2)c(C)c(CN2CCN(C(=O)OC(C)C)[C@@H](C)C2)c1. The minimum absolute atomic E-state index is 0.0240. The van der Waals surface area contributed by atoms with Crippen molar-refractivity contribution in [2.24, 2.45) is 0 Å². The number of hydrogen-bond donors (Lipinski definition) is 1. The number of carbonyl (C=O) groups is 2. The number of aryl methyl sites for hydroxylation is 1. The third-order valence-corrected chi connectivity index (χ3v) is 6.59. The van der Waals surface area contributed by atoms with Gasteiger partial charge in [0.05, 0.1) is 18.4 Å². The molecular weight excluding hydrogens is 434 g/mol. The van der Waals surface area contributed by atoms with Crippen LogP contribution < -0.4 is 5.32 Å². The highest BCUT2D eigenvalue weighted by molar-refractivity contribution is 5.79. The van der Waals surface area contributed by atoms with E-state index >= 15 is 0 Å². The van der Waals surface area contributed by atoms with Crippen LogP contribution >= 0.6 is 0 Å². The van der Waals surface area contributed by atoms with Gasteiger partial charge in [-0.1, -0.05) is 17.7 Å². The number of hydrogen-bond acceptors (Lipinski definition) is 7. The molecule has 1 N–H and O–H groups in total. The molecule has 2 fully saturated rings. The molecule has 1 unspecified atom stereocenters. The van der Waals surface area contributed by atoms with Gasteiger partial charge in [0.2, 0.25) is 17.7 Å². The average Bonchev–Trinajstić information content (AvgIpc) is 3.40. The minimum Gasteiger partial charge on any atom is -0.447 e. The fraction of sp³-hybridized carbons (Fsp3) is 0.600. The van der Waals surface area contributed by atoms with Gasteiger partial charge in [0.15, 0.2) is 0 Å². The Morgan fingerprint density at radius 2 is 2.00 bits per heavy atom. The van der Waals surface area contributed by atoms with Crippen LogP contribution in [0, 0.1) is 13.8 Å². The van der Waals surface area contributed by atoms with E-state index in [0.29, 0.717) is 37.7 Å². The molecule has 4 rings (SSSR count). The molecule has 0 aliphatic carbocycles. The molecule has 184 valence electrons. The Hall–Kier alpha value is -2.94. The molecule has 0 spiro atoms. The molecule has 2 aromatic rings. The number of nitrogens with one attached hydrogen (secondary N) is 1. The summed E-state index contributed by atoms with van der Waals surface area (Å²) in [6.07, 6.45) is 0.620. The van der Waals surface area contributed by atoms with Gasteiger partial charge in [-0.05, 0) is 51.3 Å². The van der Waals surface area contributed by atoms with Crippen molar-refractivity contribution in [2.45, 2.75) is 72.1 Å². The van der Waals surface area contributed by atoms with E-state index in [0.717, 1.165) is 25.2 Å². The van der Waals surface area contributed by atoms with E-state index in [-0.39, 0.29) is 30.1 Å². The lowest BCUT2D eigenvalue weighted by atomic mass is 9.96. The maximum Gasteiger partial charge on any atom is 0.410 e. The number of aromatic nitrogens is 2. The van der Waals surface area contributed by atoms with E-state index in [4.69, 9.17) is 9.15 Å². The second-order valence-corrected chi connectivity index (χ2v) is 9.83. The highest BCUT2D eigenvalue weighted by atomic mass is 16.6. The highest BCUT2D eigenvalue weighted by Gasteiger charge is 2.30. The zero-order valence-corrected chi connectivity index (χ0v) is 20.8. The van der Waals surface area contributed by atoms with E-state index in [1.165, 1.54) is 16.7 Å². The summed E-state index contributed by atoms with van der Waals surface area (Å²) in [5.41, 5.74) is 4.84. The Morgan fingerprint density at radius 3 is 2.68 bits per heavy atom. The predicted octanol–water partition coefficient (Wildman–Crippen LogP) is 2.93. The average molecular weight is 470 g/mol. The Balaban J connectivity index is 1.42. The van der Waals surface area contributed by atoms with Gasteiger partial charge in [-0.25, -0.2) is 4.79 Å². The third kappa shape index (κ3) is 5.58. The molecule has 1 aromatic heterocycles. The standard InChI is InChI=1S/C25H35N5O4/c1-15(2)33-25(32)30-7-6-29(13-17(30)4)14-21-9-16(3)8-19(18(21)5)11-23-27-28-24(34-23)20-10-22(31)26-12-20/h8-9,15,17,20H,6-7,10-14H2,1-5H3,(H,26,31)/t17-,20?/m0/s1. The lowest BCUT2D eigenvalue weighted by Gasteiger charge is -2.39. The summed E-state index contributed by atoms with van der Waals surface area (Å²) in [4.78, 5) is 28.1. The number of amides is 2. The first-order valence-corrected chi connectivity index (χ1v) is 12.1. The number of carbonyl (C=O) groups excluding carboxylic acids is 2. The van der Waals surface area contributed by atoms with Crippen molar-refractivity contribution in [2.75, 3.05) is 26.2 Å². The van der Waals surface area contributed by atoms with Crippen molar-refractivity contribution in [3.8, 4) is 0 Å². The van der Waals surface area contributed by atoms with Gasteiger partial charge in [0.25, 0.3) is 0 Å². The Morgan fingerprint density at radius 1 is 1.24 bits per heavy atom. The quantitative estimate of drug-likeness (QED) is 0.694. The smallest absolute Gasteiger partial charge is 0.410 e. The fourth-order valence-electron chi connectivity index (χ4n) is 4.77. The maximum atomic E-state index is 12.3. The summed E-state index contributed by atoms with van der Waals surface area (Å²) in [6.45, 7) is 13.7. The summed E-state index contributed by atoms with van der Waals surface area (Å²) in [5.74, 6) is 1.08. The van der Waals surface area contributed by atoms with Gasteiger partial charge in [0, 0.05) is 45.2 Å². The predicted molar refractivity (Wildman–Crippen MR) is 126 cm³/mol. The maximum absolute atomic E-state index is 12.3. The van der Waals surface area contributed by atoms with Crippen molar-refractivity contribution >= 4 is 12.0 Å². The van der Waals surface area contributed by atoms with E-state index in [9.17, 15) is 9.59 Å². The molecule has 9 nitrogen and oxygen atoms in total. The van der Waals surface area contributed by atoms with Crippen LogP contribution in [0.1, 0.15) is 67.1 Å². The summed E-state index contributed by atoms with van der Waals surface area (Å²) in [7, 11) is 0. The summed E-state index contributed by atoms with van der Waals surface area (Å²) < 4.78 is 11.3. The van der Waals surface area contributed by atoms with Gasteiger partial charge >= 0.3 is 6.09 Å². The molecule has 0 saturated carbocycles. The molecule has 0 bridgehead atoms. The van der Waals surface area contributed by atoms with Crippen LogP contribution in [0.2, 0.25) is 0 Å². The first-order valence-electron chi connectivity index (χ1n) is 12.1. The van der Waals surface area contributed by atoms with E-state index in [2.05, 4.69) is 53.3 Å². The van der Waals surface area contributed by atoms with Crippen LogP contribution in [0.25, 0.3) is 0 Å². The number of piperazine rings is 1. The van der Waals surface area contributed by atoms with Gasteiger partial charge < -0.3 is 19.4 Å². The third-order valence-electron chi connectivity index (χ3n) is 6.59. The van der Waals surface area contributed by atoms with Gasteiger partial charge in [-0.15, -0.1) is 10.2 Å². The summed E-state index contributed by atoms with van der Waals surface area (Å²) in [5, 5.41) is 11.2. The lowest BCUT2D eigenvalue weighted by molar-refractivity contribution is -0.119. The molecule has 9 heteroatoms. The number of benzene rings is 1. The Bertz CT molecular complexity index is 1050. The largest absolute Gasteiger partial charge is 0.447 e. The van der Waals surface area contributed by atoms with Crippen molar-refractivity contribution in [1.82, 2.24) is 25.3 Å². The van der Waals surface area contributed by atoms with Crippen LogP contribution in [0.3, 0.4) is 0 Å². The van der Waals surface area contributed by atoms with Crippen molar-refractivity contribution in [3.63, 3.8) is 0 Å². The normalized spacial score (nSPS) is 21.2. The first kappa shape index (κ1) is 24.2. The minimum atomic E-state index is -0.229. The van der Waals surface area contributed by atoms with E-state index < -0.39 is 0 Å². The molecule has 2 aliphatic heterocycles. The van der Waals surface area contributed by atoms with Gasteiger partial charge in [-0.2, -0.15) is 0 Å². The number of ether oxygens (including phenoxy) is 1. The molecule has 0 radical (unpaired) electrons. The molecule has 34 heavy (non-hydrogen) atoms. The Kier molecular flexibility index (Phi) is 7.21. The van der Waals surface area contributed by atoms with Crippen LogP contribution in [0.4, 0.5) is 4.79 Å². The lowest BCUT2D eigenvalue weighted by Crippen LogP contribution is -2.54. The molecule has 2 aliphatic rings. The second-order valence-electron chi connectivity index (χ2n) is 9.83. The van der Waals surface area contributed by atoms with Crippen molar-refractivity contribution < 1.29 is 18.7 Å². The topological polar surface area (TPSA) is 101 Å². The fourth-order valence-corrected chi connectivity index (χ4v) is 4.77. The van der Waals surface area contributed by atoms with Crippen molar-refractivity contribution in [3.05, 3.63) is 46.2 Å². The number of rotatable bonds is 6. The van der Waals surface area contributed by atoms with Crippen LogP contribution in [0.5, 0.6) is 0 Å². The monoisotopic (exact) mass is 469 g/mol. The van der Waals surface area contributed by atoms with Crippen LogP contribution in [0.15, 0.2) is 16.5 Å². The van der Waals surface area contributed by atoms with Crippen LogP contribution in [-0.2, 0) is 22.5 Å². The summed E-state index contributed by atoms with van der Waals surface area (Å²) >= 11 is 0. The van der Waals surface area contributed by atoms with E-state index in [1.807, 2.05) is 18.7 Å². The molecule has 1 aromatic carbocycles. The van der Waals surface area contributed by atoms with Crippen molar-refractivity contribution in [1.29, 1.82) is 0 Å². The van der Waals surface area contributed by atoms with Gasteiger partial charge in [-0.3, -0.25) is 9.69 Å². The Labute approximate surface area is 200 Å². The molecular formula is C25H35N5O4. The van der Waals surface area contributed by atoms with Crippen LogP contribution in [-0.4, -0.2) is 70.3 Å². The summed E-state index contributed by atoms with van der Waals surface area (Å²) in [6, 6.07) is 4.50. The second kappa shape index (κ2) is 10.1. The number of nitrogens with zero attached hydrogens (tertiary/aromatic N) is 4. The molecule has 2 saturated heterocycles.